The van der Waals surface area contributed by atoms with Crippen LogP contribution in [0.25, 0.3) is 10.9 Å². The molecule has 0 radical (unpaired) electrons. The van der Waals surface area contributed by atoms with Gasteiger partial charge in [0.05, 0.1) is 12.5 Å². The zero-order chi connectivity index (χ0) is 18.1. The fourth-order valence-corrected chi connectivity index (χ4v) is 3.14. The summed E-state index contributed by atoms with van der Waals surface area (Å²) in [6.45, 7) is 10.1. The van der Waals surface area contributed by atoms with Crippen molar-refractivity contribution in [1.29, 1.82) is 0 Å². The first kappa shape index (κ1) is 18.5. The molecule has 1 aromatic heterocycles. The lowest BCUT2D eigenvalue weighted by Crippen LogP contribution is -2.44. The molecule has 132 valence electrons. The molecule has 0 saturated heterocycles. The third-order valence-electron chi connectivity index (χ3n) is 4.59. The van der Waals surface area contributed by atoms with Crippen LogP contribution in [-0.2, 0) is 11.2 Å². The minimum atomic E-state index is -0.498. The fourth-order valence-electron chi connectivity index (χ4n) is 3.14. The maximum Gasteiger partial charge on any atom is 0.224 e. The topological polar surface area (TPSA) is 65.1 Å². The summed E-state index contributed by atoms with van der Waals surface area (Å²) < 4.78 is 13.5. The average molecular weight is 334 g/mol. The van der Waals surface area contributed by atoms with Crippen LogP contribution in [0.2, 0.25) is 0 Å². The summed E-state index contributed by atoms with van der Waals surface area (Å²) >= 11 is 0. The molecular formula is C19H27FN2O2. The minimum absolute atomic E-state index is 0.121. The molecule has 1 atom stereocenters. The summed E-state index contributed by atoms with van der Waals surface area (Å²) in [5, 5.41) is 13.9. The fraction of sp³-hybridized carbons (Fsp3) is 0.526. The molecule has 2 rings (SSSR count). The molecule has 5 heteroatoms. The number of carbonyl (C=O) groups excluding carboxylic acids is 1. The first-order chi connectivity index (χ1) is 11.1. The predicted octanol–water partition coefficient (Wildman–Crippen LogP) is 3.32. The molecule has 0 bridgehead atoms. The number of fused-ring (bicyclic) bond motifs is 1. The van der Waals surface area contributed by atoms with Gasteiger partial charge in [-0.15, -0.1) is 0 Å². The van der Waals surface area contributed by atoms with Gasteiger partial charge < -0.3 is 15.4 Å². The molecule has 0 aliphatic heterocycles. The molecular weight excluding hydrogens is 307 g/mol. The Labute approximate surface area is 142 Å². The van der Waals surface area contributed by atoms with Crippen LogP contribution in [0, 0.1) is 24.1 Å². The van der Waals surface area contributed by atoms with E-state index in [-0.39, 0.29) is 24.1 Å². The number of amides is 1. The number of hydrogen-bond acceptors (Lipinski definition) is 2. The van der Waals surface area contributed by atoms with Gasteiger partial charge in [-0.05, 0) is 36.6 Å². The van der Waals surface area contributed by atoms with Crippen molar-refractivity contribution in [2.45, 2.75) is 47.1 Å². The minimum Gasteiger partial charge on any atom is -0.392 e. The number of benzene rings is 1. The number of nitrogens with one attached hydrogen (secondary N) is 2. The summed E-state index contributed by atoms with van der Waals surface area (Å²) in [6.07, 6.45) is -0.315. The Morgan fingerprint density at radius 2 is 2.04 bits per heavy atom. The molecule has 4 nitrogen and oxygen atoms in total. The summed E-state index contributed by atoms with van der Waals surface area (Å²) in [5.41, 5.74) is 2.09. The summed E-state index contributed by atoms with van der Waals surface area (Å²) in [4.78, 5) is 15.5. The Morgan fingerprint density at radius 3 is 2.67 bits per heavy atom. The predicted molar refractivity (Wildman–Crippen MR) is 94.3 cm³/mol. The van der Waals surface area contributed by atoms with Crippen molar-refractivity contribution >= 4 is 16.8 Å². The average Bonchev–Trinajstić information content (AvgIpc) is 2.80. The van der Waals surface area contributed by atoms with E-state index in [1.165, 1.54) is 12.1 Å². The molecule has 1 heterocycles. The molecule has 0 saturated carbocycles. The number of rotatable bonds is 6. The molecule has 2 aromatic rings. The summed E-state index contributed by atoms with van der Waals surface area (Å²) in [6, 6.07) is 4.53. The smallest absolute Gasteiger partial charge is 0.224 e. The standard InChI is InChI=1S/C19H27FN2O2/c1-11(2)18(24)19(4,5)10-21-17(23)9-14-12(3)22-16-7-6-13(20)8-15(14)16/h6-8,11,18,22,24H,9-10H2,1-5H3,(H,21,23). The molecule has 1 unspecified atom stereocenters. The van der Waals surface area contributed by atoms with E-state index < -0.39 is 11.5 Å². The number of aliphatic hydroxyl groups is 1. The van der Waals surface area contributed by atoms with Crippen molar-refractivity contribution in [3.05, 3.63) is 35.3 Å². The quantitative estimate of drug-likeness (QED) is 0.759. The Balaban J connectivity index is 2.08. The van der Waals surface area contributed by atoms with E-state index in [0.29, 0.717) is 6.54 Å². The van der Waals surface area contributed by atoms with E-state index >= 15 is 0 Å². The van der Waals surface area contributed by atoms with Crippen molar-refractivity contribution in [3.8, 4) is 0 Å². The van der Waals surface area contributed by atoms with Gasteiger partial charge in [-0.1, -0.05) is 27.7 Å². The lowest BCUT2D eigenvalue weighted by molar-refractivity contribution is -0.121. The van der Waals surface area contributed by atoms with Gasteiger partial charge in [0, 0.05) is 28.6 Å². The lowest BCUT2D eigenvalue weighted by Gasteiger charge is -2.33. The third-order valence-corrected chi connectivity index (χ3v) is 4.59. The van der Waals surface area contributed by atoms with Crippen LogP contribution < -0.4 is 5.32 Å². The van der Waals surface area contributed by atoms with Crippen LogP contribution in [-0.4, -0.2) is 28.6 Å². The van der Waals surface area contributed by atoms with Gasteiger partial charge >= 0.3 is 0 Å². The van der Waals surface area contributed by atoms with E-state index in [0.717, 1.165) is 22.2 Å². The van der Waals surface area contributed by atoms with Gasteiger partial charge in [-0.3, -0.25) is 4.79 Å². The van der Waals surface area contributed by atoms with Crippen molar-refractivity contribution in [2.75, 3.05) is 6.54 Å². The van der Waals surface area contributed by atoms with Crippen molar-refractivity contribution < 1.29 is 14.3 Å². The van der Waals surface area contributed by atoms with E-state index in [1.54, 1.807) is 6.07 Å². The van der Waals surface area contributed by atoms with Gasteiger partial charge in [0.1, 0.15) is 5.82 Å². The van der Waals surface area contributed by atoms with Gasteiger partial charge in [-0.2, -0.15) is 0 Å². The van der Waals surface area contributed by atoms with Crippen LogP contribution in [0.15, 0.2) is 18.2 Å². The molecule has 3 N–H and O–H groups in total. The zero-order valence-electron chi connectivity index (χ0n) is 15.0. The highest BCUT2D eigenvalue weighted by Crippen LogP contribution is 2.26. The summed E-state index contributed by atoms with van der Waals surface area (Å²) in [5.74, 6) is -0.327. The second-order valence-electron chi connectivity index (χ2n) is 7.55. The third kappa shape index (κ3) is 3.96. The lowest BCUT2D eigenvalue weighted by atomic mass is 9.80. The molecule has 1 aromatic carbocycles. The van der Waals surface area contributed by atoms with Crippen molar-refractivity contribution in [1.82, 2.24) is 10.3 Å². The van der Waals surface area contributed by atoms with Gasteiger partial charge in [-0.25, -0.2) is 4.39 Å². The number of hydrogen-bond donors (Lipinski definition) is 3. The SMILES string of the molecule is Cc1[nH]c2ccc(F)cc2c1CC(=O)NCC(C)(C)C(O)C(C)C. The number of aromatic amines is 1. The Hall–Kier alpha value is -1.88. The number of aliphatic hydroxyl groups excluding tert-OH is 1. The normalized spacial score (nSPS) is 13.5. The number of halogens is 1. The van der Waals surface area contributed by atoms with Crippen molar-refractivity contribution in [3.63, 3.8) is 0 Å². The monoisotopic (exact) mass is 334 g/mol. The Bertz CT molecular complexity index is 734. The van der Waals surface area contributed by atoms with Crippen molar-refractivity contribution in [2.24, 2.45) is 11.3 Å². The van der Waals surface area contributed by atoms with Crippen LogP contribution in [0.1, 0.15) is 39.0 Å². The van der Waals surface area contributed by atoms with E-state index in [9.17, 15) is 14.3 Å². The Kier molecular flexibility index (Phi) is 5.33. The maximum absolute atomic E-state index is 13.5. The number of carbonyl (C=O) groups is 1. The first-order valence-corrected chi connectivity index (χ1v) is 8.33. The van der Waals surface area contributed by atoms with Crippen LogP contribution in [0.3, 0.4) is 0 Å². The van der Waals surface area contributed by atoms with E-state index in [1.807, 2.05) is 34.6 Å². The highest BCUT2D eigenvalue weighted by atomic mass is 19.1. The molecule has 0 aliphatic rings. The molecule has 0 aliphatic carbocycles. The molecule has 0 fully saturated rings. The first-order valence-electron chi connectivity index (χ1n) is 8.33. The van der Waals surface area contributed by atoms with Gasteiger partial charge in [0.25, 0.3) is 0 Å². The largest absolute Gasteiger partial charge is 0.392 e. The Morgan fingerprint density at radius 1 is 1.38 bits per heavy atom. The molecule has 24 heavy (non-hydrogen) atoms. The number of aromatic nitrogens is 1. The molecule has 0 spiro atoms. The second kappa shape index (κ2) is 6.93. The zero-order valence-corrected chi connectivity index (χ0v) is 15.0. The van der Waals surface area contributed by atoms with E-state index in [4.69, 9.17) is 0 Å². The highest BCUT2D eigenvalue weighted by molar-refractivity contribution is 5.90. The van der Waals surface area contributed by atoms with Crippen LogP contribution in [0.4, 0.5) is 4.39 Å². The highest BCUT2D eigenvalue weighted by Gasteiger charge is 2.30. The molecule has 1 amide bonds. The van der Waals surface area contributed by atoms with Crippen LogP contribution >= 0.6 is 0 Å². The van der Waals surface area contributed by atoms with Gasteiger partial charge in [0.2, 0.25) is 5.91 Å². The summed E-state index contributed by atoms with van der Waals surface area (Å²) in [7, 11) is 0. The number of aryl methyl sites for hydroxylation is 1. The van der Waals surface area contributed by atoms with Gasteiger partial charge in [0.15, 0.2) is 0 Å². The number of H-pyrrole nitrogens is 1. The van der Waals surface area contributed by atoms with Crippen LogP contribution in [0.5, 0.6) is 0 Å². The maximum atomic E-state index is 13.5. The second-order valence-corrected chi connectivity index (χ2v) is 7.55. The van der Waals surface area contributed by atoms with E-state index in [2.05, 4.69) is 10.3 Å².